The van der Waals surface area contributed by atoms with Gasteiger partial charge < -0.3 is 25.0 Å². The molecule has 0 bridgehead atoms. The van der Waals surface area contributed by atoms with E-state index in [0.717, 1.165) is 35.6 Å². The topological polar surface area (TPSA) is 104 Å². The summed E-state index contributed by atoms with van der Waals surface area (Å²) in [6, 6.07) is 8.15. The molecular formula is C27H30F2N6O3. The highest BCUT2D eigenvalue weighted by molar-refractivity contribution is 6.06. The molecule has 9 nitrogen and oxygen atoms in total. The molecule has 0 saturated carbocycles. The monoisotopic (exact) mass is 524 g/mol. The first kappa shape index (κ1) is 25.9. The quantitative estimate of drug-likeness (QED) is 0.504. The molecule has 200 valence electrons. The zero-order valence-electron chi connectivity index (χ0n) is 21.5. The van der Waals surface area contributed by atoms with Crippen LogP contribution in [0.4, 0.5) is 26.1 Å². The summed E-state index contributed by atoms with van der Waals surface area (Å²) in [5, 5.41) is 13.0. The molecule has 0 atom stereocenters. The van der Waals surface area contributed by atoms with Crippen molar-refractivity contribution < 1.29 is 23.4 Å². The van der Waals surface area contributed by atoms with Crippen molar-refractivity contribution in [1.82, 2.24) is 15.0 Å². The molecule has 0 radical (unpaired) electrons. The molecule has 3 aromatic rings. The van der Waals surface area contributed by atoms with Gasteiger partial charge in [0.25, 0.3) is 11.8 Å². The fourth-order valence-electron chi connectivity index (χ4n) is 4.70. The van der Waals surface area contributed by atoms with E-state index < -0.39 is 23.1 Å². The summed E-state index contributed by atoms with van der Waals surface area (Å²) in [6.45, 7) is 7.67. The molecule has 5 heterocycles. The first-order valence-corrected chi connectivity index (χ1v) is 12.4. The number of amides is 1. The second-order valence-electron chi connectivity index (χ2n) is 10.1. The van der Waals surface area contributed by atoms with Crippen LogP contribution in [0.5, 0.6) is 0 Å². The number of nitrogens with one attached hydrogen (secondary N) is 1. The van der Waals surface area contributed by atoms with Crippen LogP contribution in [-0.4, -0.2) is 71.0 Å². The number of hydrogen-bond acceptors (Lipinski definition) is 8. The van der Waals surface area contributed by atoms with E-state index in [1.54, 1.807) is 13.1 Å². The number of aliphatic hydroxyl groups is 1. The molecule has 11 heteroatoms. The van der Waals surface area contributed by atoms with Crippen molar-refractivity contribution in [2.24, 2.45) is 0 Å². The SMILES string of the molecule is Cc1nc(N2CCOCC2)c(NC(=O)c2ccnc(C(C)(F)F)c2)cc1-c1ccnc(N2CC(C)(O)C2)c1. The molecule has 0 unspecified atom stereocenters. The van der Waals surface area contributed by atoms with Crippen molar-refractivity contribution in [3.8, 4) is 11.1 Å². The Morgan fingerprint density at radius 1 is 1.11 bits per heavy atom. The van der Waals surface area contributed by atoms with Crippen molar-refractivity contribution in [3.63, 3.8) is 0 Å². The van der Waals surface area contributed by atoms with Crippen molar-refractivity contribution in [2.75, 3.05) is 54.5 Å². The number of pyridine rings is 3. The maximum atomic E-state index is 13.8. The van der Waals surface area contributed by atoms with Crippen LogP contribution >= 0.6 is 0 Å². The molecular weight excluding hydrogens is 494 g/mol. The van der Waals surface area contributed by atoms with Gasteiger partial charge in [-0.2, -0.15) is 8.78 Å². The van der Waals surface area contributed by atoms with Crippen molar-refractivity contribution in [3.05, 3.63) is 59.7 Å². The van der Waals surface area contributed by atoms with Gasteiger partial charge in [0, 0.05) is 62.3 Å². The first-order chi connectivity index (χ1) is 18.0. The Labute approximate surface area is 219 Å². The Kier molecular flexibility index (Phi) is 6.74. The average molecular weight is 525 g/mol. The zero-order chi connectivity index (χ0) is 27.1. The maximum absolute atomic E-state index is 13.8. The van der Waals surface area contributed by atoms with Gasteiger partial charge in [0.05, 0.1) is 24.5 Å². The number of aryl methyl sites for hydroxylation is 1. The number of β-amino-alcohol motifs (C(OH)–C–C–N with tert-alkyl or cyclic N) is 1. The van der Waals surface area contributed by atoms with Gasteiger partial charge in [0.2, 0.25) is 0 Å². The van der Waals surface area contributed by atoms with Crippen LogP contribution in [-0.2, 0) is 10.7 Å². The smallest absolute Gasteiger partial charge is 0.286 e. The van der Waals surface area contributed by atoms with Crippen molar-refractivity contribution in [2.45, 2.75) is 32.3 Å². The summed E-state index contributed by atoms with van der Waals surface area (Å²) in [7, 11) is 0. The molecule has 5 rings (SSSR count). The lowest BCUT2D eigenvalue weighted by molar-refractivity contribution is 0.0127. The van der Waals surface area contributed by atoms with Crippen LogP contribution in [0.1, 0.15) is 35.6 Å². The van der Waals surface area contributed by atoms with Crippen LogP contribution in [0, 0.1) is 6.92 Å². The molecule has 0 aromatic carbocycles. The number of carbonyl (C=O) groups excluding carboxylic acids is 1. The van der Waals surface area contributed by atoms with E-state index in [-0.39, 0.29) is 5.56 Å². The number of morpholine rings is 1. The number of hydrogen-bond donors (Lipinski definition) is 2. The van der Waals surface area contributed by atoms with Gasteiger partial charge in [0.15, 0.2) is 5.82 Å². The van der Waals surface area contributed by atoms with E-state index in [2.05, 4.69) is 15.3 Å². The van der Waals surface area contributed by atoms with Crippen LogP contribution in [0.3, 0.4) is 0 Å². The van der Waals surface area contributed by atoms with Gasteiger partial charge in [-0.05, 0) is 49.7 Å². The average Bonchev–Trinajstić information content (AvgIpc) is 2.88. The normalized spacial score (nSPS) is 17.2. The summed E-state index contributed by atoms with van der Waals surface area (Å²) < 4.78 is 33.1. The molecule has 2 saturated heterocycles. The number of nitrogens with zero attached hydrogens (tertiary/aromatic N) is 5. The number of ether oxygens (including phenoxy) is 1. The minimum absolute atomic E-state index is 0.0719. The van der Waals surface area contributed by atoms with Gasteiger partial charge in [-0.15, -0.1) is 0 Å². The minimum atomic E-state index is -3.17. The number of alkyl halides is 2. The van der Waals surface area contributed by atoms with Gasteiger partial charge in [0.1, 0.15) is 11.5 Å². The third kappa shape index (κ3) is 5.44. The lowest BCUT2D eigenvalue weighted by Crippen LogP contribution is -2.60. The van der Waals surface area contributed by atoms with Gasteiger partial charge in [-0.3, -0.25) is 9.78 Å². The van der Waals surface area contributed by atoms with E-state index in [0.29, 0.717) is 50.9 Å². The summed E-state index contributed by atoms with van der Waals surface area (Å²) in [6.07, 6.45) is 2.91. The zero-order valence-corrected chi connectivity index (χ0v) is 21.5. The first-order valence-electron chi connectivity index (χ1n) is 12.4. The molecule has 0 aliphatic carbocycles. The molecule has 1 amide bonds. The Morgan fingerprint density at radius 3 is 2.50 bits per heavy atom. The largest absolute Gasteiger partial charge is 0.386 e. The Hall–Kier alpha value is -3.70. The highest BCUT2D eigenvalue weighted by Gasteiger charge is 2.37. The number of anilines is 3. The second-order valence-corrected chi connectivity index (χ2v) is 10.1. The van der Waals surface area contributed by atoms with Crippen molar-refractivity contribution in [1.29, 1.82) is 0 Å². The van der Waals surface area contributed by atoms with Gasteiger partial charge in [-0.25, -0.2) is 9.97 Å². The third-order valence-corrected chi connectivity index (χ3v) is 6.67. The van der Waals surface area contributed by atoms with Crippen LogP contribution in [0.2, 0.25) is 0 Å². The summed E-state index contributed by atoms with van der Waals surface area (Å²) in [5.41, 5.74) is 1.73. The molecule has 0 spiro atoms. The Morgan fingerprint density at radius 2 is 1.82 bits per heavy atom. The van der Waals surface area contributed by atoms with Crippen molar-refractivity contribution >= 4 is 23.2 Å². The van der Waals surface area contributed by atoms with Crippen LogP contribution < -0.4 is 15.1 Å². The molecule has 2 N–H and O–H groups in total. The number of aromatic nitrogens is 3. The van der Waals surface area contributed by atoms with Crippen LogP contribution in [0.15, 0.2) is 42.7 Å². The molecule has 2 aliphatic heterocycles. The minimum Gasteiger partial charge on any atom is -0.386 e. The lowest BCUT2D eigenvalue weighted by Gasteiger charge is -2.45. The standard InChI is InChI=1S/C27H30F2N6O3/c1-17-20(18-4-7-31-23(13-18)35-15-26(2,37)16-35)14-21(24(32-17)34-8-10-38-11-9-34)33-25(36)19-5-6-30-22(12-19)27(3,28)29/h4-7,12-14,37H,8-11,15-16H2,1-3H3,(H,33,36). The van der Waals surface area contributed by atoms with E-state index >= 15 is 0 Å². The van der Waals surface area contributed by atoms with Crippen LogP contribution in [0.25, 0.3) is 11.1 Å². The molecule has 2 aliphatic rings. The van der Waals surface area contributed by atoms with E-state index in [4.69, 9.17) is 9.72 Å². The van der Waals surface area contributed by atoms with Gasteiger partial charge in [-0.1, -0.05) is 0 Å². The second kappa shape index (κ2) is 9.88. The summed E-state index contributed by atoms with van der Waals surface area (Å²) in [5.74, 6) is -2.38. The van der Waals surface area contributed by atoms with E-state index in [9.17, 15) is 18.7 Å². The summed E-state index contributed by atoms with van der Waals surface area (Å²) >= 11 is 0. The number of carbonyl (C=O) groups is 1. The fourth-order valence-corrected chi connectivity index (χ4v) is 4.70. The Bertz CT molecular complexity index is 1350. The predicted molar refractivity (Wildman–Crippen MR) is 140 cm³/mol. The lowest BCUT2D eigenvalue weighted by atomic mass is 9.96. The predicted octanol–water partition coefficient (Wildman–Crippen LogP) is 3.62. The maximum Gasteiger partial charge on any atom is 0.286 e. The fraction of sp³-hybridized carbons (Fsp3) is 0.407. The van der Waals surface area contributed by atoms with E-state index in [1.165, 1.54) is 12.3 Å². The highest BCUT2D eigenvalue weighted by atomic mass is 19.3. The summed E-state index contributed by atoms with van der Waals surface area (Å²) in [4.78, 5) is 30.3. The Balaban J connectivity index is 1.51. The number of halogens is 2. The molecule has 3 aromatic heterocycles. The molecule has 38 heavy (non-hydrogen) atoms. The number of rotatable bonds is 6. The highest BCUT2D eigenvalue weighted by Crippen LogP contribution is 2.35. The molecule has 2 fully saturated rings. The third-order valence-electron chi connectivity index (χ3n) is 6.67. The van der Waals surface area contributed by atoms with E-state index in [1.807, 2.05) is 34.9 Å². The van der Waals surface area contributed by atoms with Gasteiger partial charge >= 0.3 is 0 Å².